The first kappa shape index (κ1) is 29.0. The zero-order valence-corrected chi connectivity index (χ0v) is 23.5. The van der Waals surface area contributed by atoms with E-state index in [9.17, 15) is 18.8 Å². The maximum atomic E-state index is 13.6. The van der Waals surface area contributed by atoms with Crippen LogP contribution in [0, 0.1) is 11.7 Å². The molecule has 3 aromatic rings. The molecular weight excluding hydrogens is 555 g/mol. The molecule has 218 valence electrons. The van der Waals surface area contributed by atoms with E-state index in [2.05, 4.69) is 4.90 Å². The van der Waals surface area contributed by atoms with Gasteiger partial charge in [0.2, 0.25) is 0 Å². The summed E-state index contributed by atoms with van der Waals surface area (Å²) in [4.78, 5) is 42.1. The highest BCUT2D eigenvalue weighted by Gasteiger charge is 2.32. The van der Waals surface area contributed by atoms with Crippen LogP contribution in [0.3, 0.4) is 0 Å². The second kappa shape index (κ2) is 13.0. The van der Waals surface area contributed by atoms with E-state index < -0.39 is 17.5 Å². The number of carbonyl (C=O) groups excluding carboxylic acids is 2. The number of benzene rings is 2. The number of morpholine rings is 1. The number of likely N-dealkylation sites (tertiary alicyclic amines) is 1. The third kappa shape index (κ3) is 7.06. The van der Waals surface area contributed by atoms with Crippen molar-refractivity contribution in [1.29, 1.82) is 0 Å². The van der Waals surface area contributed by atoms with Gasteiger partial charge in [-0.3, -0.25) is 14.5 Å². The molecule has 0 radical (unpaired) electrons. The molecule has 3 heterocycles. The molecule has 0 bridgehead atoms. The molecule has 41 heavy (non-hydrogen) atoms. The Morgan fingerprint density at radius 3 is 2.68 bits per heavy atom. The SMILES string of the molecule is CC(Oc1ccc2c(-c3ccc(F)cc3Cl)cc(=O)oc2c1)C(=O)N1CCC[C@H](C(=O)OCCN2CCOCC2)C1. The Labute approximate surface area is 241 Å². The largest absolute Gasteiger partial charge is 0.481 e. The van der Waals surface area contributed by atoms with Gasteiger partial charge in [-0.05, 0) is 50.1 Å². The third-order valence-corrected chi connectivity index (χ3v) is 7.73. The van der Waals surface area contributed by atoms with Crippen molar-refractivity contribution in [2.75, 3.05) is 52.5 Å². The van der Waals surface area contributed by atoms with Gasteiger partial charge in [-0.15, -0.1) is 0 Å². The van der Waals surface area contributed by atoms with E-state index in [1.807, 2.05) is 0 Å². The van der Waals surface area contributed by atoms with Crippen molar-refractivity contribution in [3.05, 3.63) is 63.7 Å². The summed E-state index contributed by atoms with van der Waals surface area (Å²) in [6.07, 6.45) is 0.516. The van der Waals surface area contributed by atoms with Crippen LogP contribution in [-0.2, 0) is 19.1 Å². The van der Waals surface area contributed by atoms with E-state index in [1.165, 1.54) is 30.3 Å². The Kier molecular flexibility index (Phi) is 9.22. The van der Waals surface area contributed by atoms with Crippen molar-refractivity contribution in [1.82, 2.24) is 9.80 Å². The van der Waals surface area contributed by atoms with Crippen LogP contribution in [0.1, 0.15) is 19.8 Å². The molecule has 2 aliphatic heterocycles. The highest BCUT2D eigenvalue weighted by Crippen LogP contribution is 2.34. The van der Waals surface area contributed by atoms with Crippen LogP contribution in [0.2, 0.25) is 5.02 Å². The van der Waals surface area contributed by atoms with Crippen molar-refractivity contribution in [2.45, 2.75) is 25.9 Å². The summed E-state index contributed by atoms with van der Waals surface area (Å²) < 4.78 is 35.7. The fourth-order valence-corrected chi connectivity index (χ4v) is 5.52. The number of fused-ring (bicyclic) bond motifs is 1. The van der Waals surface area contributed by atoms with Crippen LogP contribution in [0.4, 0.5) is 4.39 Å². The maximum Gasteiger partial charge on any atom is 0.336 e. The van der Waals surface area contributed by atoms with Gasteiger partial charge in [0.1, 0.15) is 23.8 Å². The molecule has 0 N–H and O–H groups in total. The summed E-state index contributed by atoms with van der Waals surface area (Å²) in [5, 5.41) is 0.743. The average Bonchev–Trinajstić information content (AvgIpc) is 2.97. The predicted molar refractivity (Wildman–Crippen MR) is 150 cm³/mol. The zero-order chi connectivity index (χ0) is 28.9. The summed E-state index contributed by atoms with van der Waals surface area (Å²) in [6, 6.07) is 10.1. The van der Waals surface area contributed by atoms with Crippen molar-refractivity contribution in [2.24, 2.45) is 5.92 Å². The standard InChI is InChI=1S/C30H32ClFN2O7/c1-19(29(36)34-8-2-3-20(18-34)30(37)39-14-11-33-9-12-38-13-10-33)40-22-5-7-24-25(17-28(35)41-27(24)16-22)23-6-4-21(32)15-26(23)31/h4-7,15-17,19-20H,2-3,8-14,18H2,1H3/t19?,20-/m0/s1. The zero-order valence-electron chi connectivity index (χ0n) is 22.8. The summed E-state index contributed by atoms with van der Waals surface area (Å²) >= 11 is 6.24. The molecule has 5 rings (SSSR count). The Morgan fingerprint density at radius 2 is 1.90 bits per heavy atom. The monoisotopic (exact) mass is 586 g/mol. The first-order chi connectivity index (χ1) is 19.8. The Morgan fingerprint density at radius 1 is 1.10 bits per heavy atom. The minimum Gasteiger partial charge on any atom is -0.481 e. The number of rotatable bonds is 8. The lowest BCUT2D eigenvalue weighted by Crippen LogP contribution is -2.47. The quantitative estimate of drug-likeness (QED) is 0.287. The number of ether oxygens (including phenoxy) is 3. The summed E-state index contributed by atoms with van der Waals surface area (Å²) in [6.45, 7) is 6.45. The molecule has 1 unspecified atom stereocenters. The minimum absolute atomic E-state index is 0.164. The number of nitrogens with zero attached hydrogens (tertiary/aromatic N) is 2. The van der Waals surface area contributed by atoms with Crippen molar-refractivity contribution in [3.63, 3.8) is 0 Å². The molecule has 0 saturated carbocycles. The highest BCUT2D eigenvalue weighted by atomic mass is 35.5. The Hall–Kier alpha value is -3.47. The van der Waals surface area contributed by atoms with Gasteiger partial charge in [0.25, 0.3) is 5.91 Å². The fourth-order valence-electron chi connectivity index (χ4n) is 5.25. The van der Waals surface area contributed by atoms with Gasteiger partial charge in [0, 0.05) is 61.4 Å². The molecular formula is C30H32ClFN2O7. The first-order valence-corrected chi connectivity index (χ1v) is 14.1. The summed E-state index contributed by atoms with van der Waals surface area (Å²) in [5.41, 5.74) is 0.615. The Balaban J connectivity index is 1.21. The van der Waals surface area contributed by atoms with Crippen molar-refractivity contribution < 1.29 is 32.6 Å². The molecule has 11 heteroatoms. The van der Waals surface area contributed by atoms with E-state index in [1.54, 1.807) is 24.0 Å². The molecule has 2 fully saturated rings. The predicted octanol–water partition coefficient (Wildman–Crippen LogP) is 4.13. The summed E-state index contributed by atoms with van der Waals surface area (Å²) in [5.74, 6) is -1.06. The fraction of sp³-hybridized carbons (Fsp3) is 0.433. The number of amides is 1. The van der Waals surface area contributed by atoms with E-state index >= 15 is 0 Å². The second-order valence-corrected chi connectivity index (χ2v) is 10.7. The molecule has 1 aromatic heterocycles. The van der Waals surface area contributed by atoms with Gasteiger partial charge >= 0.3 is 11.6 Å². The van der Waals surface area contributed by atoms with Gasteiger partial charge in [-0.1, -0.05) is 11.6 Å². The lowest BCUT2D eigenvalue weighted by molar-refractivity contribution is -0.153. The van der Waals surface area contributed by atoms with Crippen molar-refractivity contribution >= 4 is 34.4 Å². The molecule has 0 aliphatic carbocycles. The van der Waals surface area contributed by atoms with Crippen LogP contribution in [0.15, 0.2) is 51.7 Å². The van der Waals surface area contributed by atoms with Gasteiger partial charge in [-0.2, -0.15) is 0 Å². The molecule has 2 saturated heterocycles. The molecule has 2 atom stereocenters. The number of piperidine rings is 1. The van der Waals surface area contributed by atoms with E-state index in [4.69, 9.17) is 30.2 Å². The average molecular weight is 587 g/mol. The van der Waals surface area contributed by atoms with Crippen LogP contribution in [0.25, 0.3) is 22.1 Å². The Bertz CT molecular complexity index is 1470. The van der Waals surface area contributed by atoms with E-state index in [-0.39, 0.29) is 34.9 Å². The number of halogens is 2. The van der Waals surface area contributed by atoms with E-state index in [0.717, 1.165) is 13.1 Å². The number of hydrogen-bond donors (Lipinski definition) is 0. The van der Waals surface area contributed by atoms with Crippen LogP contribution < -0.4 is 10.4 Å². The number of hydrogen-bond acceptors (Lipinski definition) is 8. The number of carbonyl (C=O) groups is 2. The third-order valence-electron chi connectivity index (χ3n) is 7.42. The summed E-state index contributed by atoms with van der Waals surface area (Å²) in [7, 11) is 0. The molecule has 2 aliphatic rings. The van der Waals surface area contributed by atoms with Crippen LogP contribution in [-0.4, -0.2) is 80.3 Å². The normalized spacial score (nSPS) is 18.7. The topological polar surface area (TPSA) is 98.5 Å². The number of esters is 1. The van der Waals surface area contributed by atoms with Gasteiger partial charge in [0.15, 0.2) is 6.10 Å². The van der Waals surface area contributed by atoms with Crippen molar-refractivity contribution in [3.8, 4) is 16.9 Å². The lowest BCUT2D eigenvalue weighted by Gasteiger charge is -2.33. The molecule has 1 amide bonds. The molecule has 2 aromatic carbocycles. The van der Waals surface area contributed by atoms with Crippen LogP contribution in [0.5, 0.6) is 5.75 Å². The van der Waals surface area contributed by atoms with Gasteiger partial charge in [-0.25, -0.2) is 9.18 Å². The first-order valence-electron chi connectivity index (χ1n) is 13.7. The van der Waals surface area contributed by atoms with Gasteiger partial charge in [0.05, 0.1) is 24.2 Å². The molecule has 9 nitrogen and oxygen atoms in total. The minimum atomic E-state index is -0.843. The van der Waals surface area contributed by atoms with Gasteiger partial charge < -0.3 is 23.5 Å². The van der Waals surface area contributed by atoms with Crippen LogP contribution >= 0.6 is 11.6 Å². The maximum absolute atomic E-state index is 13.6. The smallest absolute Gasteiger partial charge is 0.336 e. The second-order valence-electron chi connectivity index (χ2n) is 10.3. The lowest BCUT2D eigenvalue weighted by atomic mass is 9.98. The highest BCUT2D eigenvalue weighted by molar-refractivity contribution is 6.33. The van der Waals surface area contributed by atoms with E-state index in [0.29, 0.717) is 68.0 Å². The molecule has 0 spiro atoms.